The number of benzene rings is 1. The summed E-state index contributed by atoms with van der Waals surface area (Å²) in [6.45, 7) is 5.64. The van der Waals surface area contributed by atoms with Crippen molar-refractivity contribution in [3.05, 3.63) is 35.9 Å². The highest BCUT2D eigenvalue weighted by atomic mass is 35.5. The Morgan fingerprint density at radius 2 is 2.00 bits per heavy atom. The first-order valence-electron chi connectivity index (χ1n) is 8.89. The van der Waals surface area contributed by atoms with Crippen molar-refractivity contribution in [1.29, 1.82) is 0 Å². The molecule has 2 rings (SSSR count). The lowest BCUT2D eigenvalue weighted by Crippen LogP contribution is -2.30. The number of hydrogen-bond acceptors (Lipinski definition) is 3. The highest BCUT2D eigenvalue weighted by molar-refractivity contribution is 5.85. The zero-order chi connectivity index (χ0) is 16.3. The minimum Gasteiger partial charge on any atom is -0.374 e. The van der Waals surface area contributed by atoms with Gasteiger partial charge in [0.15, 0.2) is 0 Å². The van der Waals surface area contributed by atoms with Crippen molar-refractivity contribution >= 4 is 18.3 Å². The summed E-state index contributed by atoms with van der Waals surface area (Å²) in [5, 5.41) is 6.36. The Balaban J connectivity index is 0.00000288. The molecule has 136 valence electrons. The second kappa shape index (κ2) is 12.3. The van der Waals surface area contributed by atoms with Crippen molar-refractivity contribution < 1.29 is 9.53 Å². The van der Waals surface area contributed by atoms with Crippen LogP contribution in [0.25, 0.3) is 0 Å². The Bertz CT molecular complexity index is 450. The normalized spacial score (nSPS) is 16.2. The quantitative estimate of drug-likeness (QED) is 0.667. The highest BCUT2D eigenvalue weighted by Crippen LogP contribution is 2.17. The fourth-order valence-electron chi connectivity index (χ4n) is 2.97. The minimum atomic E-state index is 0. The van der Waals surface area contributed by atoms with E-state index < -0.39 is 0 Å². The van der Waals surface area contributed by atoms with Gasteiger partial charge in [-0.2, -0.15) is 0 Å². The maximum Gasteiger partial charge on any atom is 0.220 e. The molecule has 5 heteroatoms. The van der Waals surface area contributed by atoms with Gasteiger partial charge in [-0.3, -0.25) is 4.79 Å². The third-order valence-electron chi connectivity index (χ3n) is 4.52. The SMILES string of the molecule is CC(OCCCNC(=O)CCC1CCNCC1)c1ccccc1.Cl. The average Bonchev–Trinajstić information content (AvgIpc) is 2.61. The van der Waals surface area contributed by atoms with Crippen LogP contribution in [0.1, 0.15) is 50.7 Å². The van der Waals surface area contributed by atoms with Gasteiger partial charge in [0.05, 0.1) is 6.10 Å². The summed E-state index contributed by atoms with van der Waals surface area (Å²) in [6, 6.07) is 10.2. The third-order valence-corrected chi connectivity index (χ3v) is 4.52. The van der Waals surface area contributed by atoms with Gasteiger partial charge in [-0.25, -0.2) is 0 Å². The van der Waals surface area contributed by atoms with Crippen LogP contribution in [0.15, 0.2) is 30.3 Å². The summed E-state index contributed by atoms with van der Waals surface area (Å²) in [4.78, 5) is 11.8. The maximum atomic E-state index is 11.8. The van der Waals surface area contributed by atoms with Crippen molar-refractivity contribution in [2.45, 2.75) is 45.1 Å². The molecular weight excluding hydrogens is 324 g/mol. The van der Waals surface area contributed by atoms with E-state index in [9.17, 15) is 4.79 Å². The van der Waals surface area contributed by atoms with E-state index in [2.05, 4.69) is 29.7 Å². The van der Waals surface area contributed by atoms with Crippen molar-refractivity contribution in [3.8, 4) is 0 Å². The number of nitrogens with one attached hydrogen (secondary N) is 2. The second-order valence-corrected chi connectivity index (χ2v) is 6.36. The van der Waals surface area contributed by atoms with Crippen LogP contribution >= 0.6 is 12.4 Å². The first-order chi connectivity index (χ1) is 11.3. The number of carbonyl (C=O) groups is 1. The molecule has 1 aliphatic heterocycles. The Labute approximate surface area is 152 Å². The summed E-state index contributed by atoms with van der Waals surface area (Å²) < 4.78 is 5.81. The topological polar surface area (TPSA) is 50.4 Å². The molecule has 0 bridgehead atoms. The molecule has 1 aromatic rings. The third kappa shape index (κ3) is 8.13. The van der Waals surface area contributed by atoms with E-state index in [4.69, 9.17) is 4.74 Å². The molecule has 1 atom stereocenters. The van der Waals surface area contributed by atoms with E-state index in [1.807, 2.05) is 18.2 Å². The molecule has 24 heavy (non-hydrogen) atoms. The minimum absolute atomic E-state index is 0. The Morgan fingerprint density at radius 3 is 2.71 bits per heavy atom. The summed E-state index contributed by atoms with van der Waals surface area (Å²) in [5.74, 6) is 0.900. The lowest BCUT2D eigenvalue weighted by Gasteiger charge is -2.22. The molecular formula is C19H31ClN2O2. The number of amides is 1. The predicted molar refractivity (Wildman–Crippen MR) is 101 cm³/mol. The van der Waals surface area contributed by atoms with E-state index in [-0.39, 0.29) is 24.4 Å². The summed E-state index contributed by atoms with van der Waals surface area (Å²) in [5.41, 5.74) is 1.19. The van der Waals surface area contributed by atoms with E-state index in [1.54, 1.807) is 0 Å². The zero-order valence-corrected chi connectivity index (χ0v) is 15.4. The molecule has 0 aliphatic carbocycles. The van der Waals surface area contributed by atoms with Crippen molar-refractivity contribution in [1.82, 2.24) is 10.6 Å². The van der Waals surface area contributed by atoms with Gasteiger partial charge in [0.25, 0.3) is 0 Å². The number of halogens is 1. The molecule has 0 saturated carbocycles. The van der Waals surface area contributed by atoms with Crippen LogP contribution in [-0.4, -0.2) is 32.1 Å². The van der Waals surface area contributed by atoms with Crippen LogP contribution in [0.5, 0.6) is 0 Å². The number of carbonyl (C=O) groups excluding carboxylic acids is 1. The van der Waals surface area contributed by atoms with Crippen LogP contribution in [-0.2, 0) is 9.53 Å². The summed E-state index contributed by atoms with van der Waals surface area (Å²) in [7, 11) is 0. The number of ether oxygens (including phenoxy) is 1. The largest absolute Gasteiger partial charge is 0.374 e. The maximum absolute atomic E-state index is 11.8. The Hall–Kier alpha value is -1.10. The molecule has 0 aromatic heterocycles. The van der Waals surface area contributed by atoms with E-state index in [1.165, 1.54) is 18.4 Å². The molecule has 0 radical (unpaired) electrons. The van der Waals surface area contributed by atoms with E-state index in [0.29, 0.717) is 19.6 Å². The van der Waals surface area contributed by atoms with Crippen LogP contribution < -0.4 is 10.6 Å². The predicted octanol–water partition coefficient (Wildman–Crippen LogP) is 3.47. The van der Waals surface area contributed by atoms with E-state index >= 15 is 0 Å². The fraction of sp³-hybridized carbons (Fsp3) is 0.632. The summed E-state index contributed by atoms with van der Waals surface area (Å²) >= 11 is 0. The first-order valence-corrected chi connectivity index (χ1v) is 8.89. The molecule has 1 fully saturated rings. The molecule has 1 unspecified atom stereocenters. The van der Waals surface area contributed by atoms with Crippen LogP contribution in [0.4, 0.5) is 0 Å². The van der Waals surface area contributed by atoms with Gasteiger partial charge < -0.3 is 15.4 Å². The van der Waals surface area contributed by atoms with E-state index in [0.717, 1.165) is 31.8 Å². The van der Waals surface area contributed by atoms with Gasteiger partial charge in [-0.1, -0.05) is 30.3 Å². The Kier molecular flexibility index (Phi) is 10.7. The second-order valence-electron chi connectivity index (χ2n) is 6.36. The smallest absolute Gasteiger partial charge is 0.220 e. The zero-order valence-electron chi connectivity index (χ0n) is 14.6. The fourth-order valence-corrected chi connectivity index (χ4v) is 2.97. The van der Waals surface area contributed by atoms with Gasteiger partial charge in [0.1, 0.15) is 0 Å². The summed E-state index contributed by atoms with van der Waals surface area (Å²) in [6.07, 6.45) is 5.06. The molecule has 1 aliphatic rings. The lowest BCUT2D eigenvalue weighted by molar-refractivity contribution is -0.121. The van der Waals surface area contributed by atoms with Crippen molar-refractivity contribution in [2.24, 2.45) is 5.92 Å². The Morgan fingerprint density at radius 1 is 1.29 bits per heavy atom. The monoisotopic (exact) mass is 354 g/mol. The average molecular weight is 355 g/mol. The van der Waals surface area contributed by atoms with Crippen LogP contribution in [0, 0.1) is 5.92 Å². The van der Waals surface area contributed by atoms with Crippen LogP contribution in [0.3, 0.4) is 0 Å². The van der Waals surface area contributed by atoms with Gasteiger partial charge in [0.2, 0.25) is 5.91 Å². The van der Waals surface area contributed by atoms with Gasteiger partial charge in [0, 0.05) is 19.6 Å². The lowest BCUT2D eigenvalue weighted by atomic mass is 9.93. The number of hydrogen-bond donors (Lipinski definition) is 2. The first kappa shape index (κ1) is 20.9. The molecule has 1 heterocycles. The molecule has 0 spiro atoms. The van der Waals surface area contributed by atoms with Gasteiger partial charge in [-0.15, -0.1) is 12.4 Å². The molecule has 1 saturated heterocycles. The standard InChI is InChI=1S/C19H30N2O2.ClH/c1-16(18-6-3-2-4-7-18)23-15-5-12-21-19(22)9-8-17-10-13-20-14-11-17;/h2-4,6-7,16-17,20H,5,8-15H2,1H3,(H,21,22);1H. The molecule has 1 amide bonds. The molecule has 1 aromatic carbocycles. The molecule has 4 nitrogen and oxygen atoms in total. The van der Waals surface area contributed by atoms with Crippen LogP contribution in [0.2, 0.25) is 0 Å². The molecule has 2 N–H and O–H groups in total. The van der Waals surface area contributed by atoms with Crippen molar-refractivity contribution in [3.63, 3.8) is 0 Å². The number of piperidine rings is 1. The number of rotatable bonds is 9. The van der Waals surface area contributed by atoms with Gasteiger partial charge in [-0.05, 0) is 57.2 Å². The van der Waals surface area contributed by atoms with Gasteiger partial charge >= 0.3 is 0 Å². The highest BCUT2D eigenvalue weighted by Gasteiger charge is 2.14. The van der Waals surface area contributed by atoms with Crippen molar-refractivity contribution in [2.75, 3.05) is 26.2 Å².